The van der Waals surface area contributed by atoms with Crippen molar-refractivity contribution < 1.29 is 4.79 Å². The Balaban J connectivity index is 1.74. The van der Waals surface area contributed by atoms with E-state index in [-0.39, 0.29) is 22.7 Å². The molecular weight excluding hydrogens is 248 g/mol. The summed E-state index contributed by atoms with van der Waals surface area (Å²) >= 11 is 0. The van der Waals surface area contributed by atoms with Gasteiger partial charge in [0, 0.05) is 18.2 Å². The number of carbonyl (C=O) groups is 1. The van der Waals surface area contributed by atoms with Crippen LogP contribution >= 0.6 is 0 Å². The lowest BCUT2D eigenvalue weighted by Crippen LogP contribution is -2.24. The zero-order chi connectivity index (χ0) is 14.5. The first-order valence-corrected chi connectivity index (χ1v) is 7.47. The van der Waals surface area contributed by atoms with E-state index in [1.54, 1.807) is 0 Å². The summed E-state index contributed by atoms with van der Waals surface area (Å²) < 4.78 is 0. The zero-order valence-electron chi connectivity index (χ0n) is 12.8. The minimum absolute atomic E-state index is 0.0901. The highest BCUT2D eigenvalue weighted by molar-refractivity contribution is 5.96. The lowest BCUT2D eigenvalue weighted by molar-refractivity contribution is -0.118. The summed E-state index contributed by atoms with van der Waals surface area (Å²) in [6, 6.07) is 6.29. The van der Waals surface area contributed by atoms with E-state index in [4.69, 9.17) is 0 Å². The van der Waals surface area contributed by atoms with E-state index < -0.39 is 0 Å². The number of amides is 1. The molecule has 0 bridgehead atoms. The molecule has 0 radical (unpaired) electrons. The summed E-state index contributed by atoms with van der Waals surface area (Å²) in [5, 5.41) is 6.47. The van der Waals surface area contributed by atoms with Crippen LogP contribution in [0.5, 0.6) is 0 Å². The number of fused-ring (bicyclic) bond motifs is 1. The summed E-state index contributed by atoms with van der Waals surface area (Å²) in [7, 11) is 0. The van der Waals surface area contributed by atoms with Crippen molar-refractivity contribution in [3.63, 3.8) is 0 Å². The largest absolute Gasteiger partial charge is 0.326 e. The molecule has 3 nitrogen and oxygen atoms in total. The van der Waals surface area contributed by atoms with Crippen molar-refractivity contribution in [3.8, 4) is 0 Å². The van der Waals surface area contributed by atoms with Crippen molar-refractivity contribution in [1.29, 1.82) is 0 Å². The van der Waals surface area contributed by atoms with Crippen molar-refractivity contribution >= 4 is 11.6 Å². The average molecular weight is 272 g/mol. The highest BCUT2D eigenvalue weighted by Gasteiger charge is 2.68. The van der Waals surface area contributed by atoms with Gasteiger partial charge in [0.1, 0.15) is 0 Å². The molecule has 1 aliphatic heterocycles. The summed E-state index contributed by atoms with van der Waals surface area (Å²) in [6.45, 7) is 10.6. The molecular formula is C17H24N2O. The molecule has 0 saturated heterocycles. The molecule has 20 heavy (non-hydrogen) atoms. The van der Waals surface area contributed by atoms with Gasteiger partial charge in [0.25, 0.3) is 0 Å². The van der Waals surface area contributed by atoms with E-state index in [1.807, 2.05) is 6.07 Å². The molecule has 2 aliphatic rings. The van der Waals surface area contributed by atoms with Crippen LogP contribution in [0.25, 0.3) is 0 Å². The van der Waals surface area contributed by atoms with Gasteiger partial charge >= 0.3 is 0 Å². The molecule has 3 rings (SSSR count). The first-order chi connectivity index (χ1) is 9.34. The van der Waals surface area contributed by atoms with Crippen LogP contribution in [0.15, 0.2) is 18.2 Å². The summed E-state index contributed by atoms with van der Waals surface area (Å²) in [5.74, 6) is 0.257. The Morgan fingerprint density at radius 1 is 1.20 bits per heavy atom. The van der Waals surface area contributed by atoms with E-state index >= 15 is 0 Å². The van der Waals surface area contributed by atoms with E-state index in [2.05, 4.69) is 50.5 Å². The van der Waals surface area contributed by atoms with E-state index in [0.29, 0.717) is 0 Å². The predicted octanol–water partition coefficient (Wildman–Crippen LogP) is 2.95. The van der Waals surface area contributed by atoms with Crippen molar-refractivity contribution in [3.05, 3.63) is 29.3 Å². The highest BCUT2D eigenvalue weighted by Crippen LogP contribution is 2.68. The maximum Gasteiger partial charge on any atom is 0.228 e. The molecule has 0 atom stereocenters. The number of nitrogens with one attached hydrogen (secondary N) is 2. The van der Waals surface area contributed by atoms with Gasteiger partial charge in [0.2, 0.25) is 5.91 Å². The summed E-state index contributed by atoms with van der Waals surface area (Å²) in [6.07, 6.45) is 1.08. The smallest absolute Gasteiger partial charge is 0.228 e. The third-order valence-electron chi connectivity index (χ3n) is 5.64. The van der Waals surface area contributed by atoms with Crippen LogP contribution in [0.2, 0.25) is 0 Å². The average Bonchev–Trinajstić information content (AvgIpc) is 2.79. The standard InChI is InChI=1S/C17H24N2O/c1-16(2)14(17(16,3)4)15(20)19-13-6-5-11-7-8-18-10-12(11)9-13/h5-6,9,14,18H,7-8,10H2,1-4H3,(H,19,20). The maximum absolute atomic E-state index is 12.4. The molecule has 2 N–H and O–H groups in total. The van der Waals surface area contributed by atoms with Gasteiger partial charge in [-0.15, -0.1) is 0 Å². The molecule has 1 heterocycles. The molecule has 108 valence electrons. The second-order valence-electron chi connectivity index (χ2n) is 7.28. The molecule has 1 aromatic rings. The van der Waals surface area contributed by atoms with Crippen LogP contribution in [0.4, 0.5) is 5.69 Å². The summed E-state index contributed by atoms with van der Waals surface area (Å²) in [4.78, 5) is 12.4. The fourth-order valence-corrected chi connectivity index (χ4v) is 3.62. The second-order valence-corrected chi connectivity index (χ2v) is 7.28. The Hall–Kier alpha value is -1.35. The third-order valence-corrected chi connectivity index (χ3v) is 5.64. The molecule has 1 fully saturated rings. The Bertz CT molecular complexity index is 546. The van der Waals surface area contributed by atoms with Gasteiger partial charge in [-0.1, -0.05) is 33.8 Å². The molecule has 3 heteroatoms. The van der Waals surface area contributed by atoms with Crippen LogP contribution in [0, 0.1) is 16.7 Å². The van der Waals surface area contributed by atoms with E-state index in [0.717, 1.165) is 25.2 Å². The van der Waals surface area contributed by atoms with Crippen molar-refractivity contribution in [1.82, 2.24) is 5.32 Å². The van der Waals surface area contributed by atoms with Crippen molar-refractivity contribution in [2.24, 2.45) is 16.7 Å². The van der Waals surface area contributed by atoms with Gasteiger partial charge < -0.3 is 10.6 Å². The minimum Gasteiger partial charge on any atom is -0.326 e. The first kappa shape index (κ1) is 13.6. The highest BCUT2D eigenvalue weighted by atomic mass is 16.2. The topological polar surface area (TPSA) is 41.1 Å². The predicted molar refractivity (Wildman–Crippen MR) is 81.5 cm³/mol. The number of benzene rings is 1. The van der Waals surface area contributed by atoms with Gasteiger partial charge in [-0.25, -0.2) is 0 Å². The molecule has 1 amide bonds. The molecule has 0 spiro atoms. The molecule has 1 saturated carbocycles. The number of rotatable bonds is 2. The summed E-state index contributed by atoms with van der Waals surface area (Å²) in [5.41, 5.74) is 3.81. The first-order valence-electron chi connectivity index (χ1n) is 7.47. The number of carbonyl (C=O) groups excluding carboxylic acids is 1. The van der Waals surface area contributed by atoms with Crippen LogP contribution in [-0.2, 0) is 17.8 Å². The van der Waals surface area contributed by atoms with Gasteiger partial charge in [-0.3, -0.25) is 4.79 Å². The van der Waals surface area contributed by atoms with Crippen LogP contribution in [-0.4, -0.2) is 12.5 Å². The van der Waals surface area contributed by atoms with Gasteiger partial charge in [0.15, 0.2) is 0 Å². The normalized spacial score (nSPS) is 23.0. The number of hydrogen-bond donors (Lipinski definition) is 2. The molecule has 0 unspecified atom stereocenters. The fraction of sp³-hybridized carbons (Fsp3) is 0.588. The maximum atomic E-state index is 12.4. The lowest BCUT2D eigenvalue weighted by Gasteiger charge is -2.18. The van der Waals surface area contributed by atoms with E-state index in [1.165, 1.54) is 11.1 Å². The Labute approximate surface area is 121 Å². The second kappa shape index (κ2) is 4.32. The fourth-order valence-electron chi connectivity index (χ4n) is 3.62. The van der Waals surface area contributed by atoms with Crippen LogP contribution in [0.3, 0.4) is 0 Å². The number of anilines is 1. The van der Waals surface area contributed by atoms with Crippen LogP contribution in [0.1, 0.15) is 38.8 Å². The van der Waals surface area contributed by atoms with E-state index in [9.17, 15) is 4.79 Å². The zero-order valence-corrected chi connectivity index (χ0v) is 12.8. The lowest BCUT2D eigenvalue weighted by atomic mass is 10.0. The quantitative estimate of drug-likeness (QED) is 0.869. The SMILES string of the molecule is CC1(C)C(C(=O)Nc2ccc3c(c2)CNCC3)C1(C)C. The molecule has 0 aromatic heterocycles. The Kier molecular flexibility index (Phi) is 2.94. The minimum atomic E-state index is 0.0901. The third kappa shape index (κ3) is 1.96. The van der Waals surface area contributed by atoms with Crippen molar-refractivity contribution in [2.75, 3.05) is 11.9 Å². The van der Waals surface area contributed by atoms with Gasteiger partial charge in [0.05, 0.1) is 0 Å². The Morgan fingerprint density at radius 3 is 2.55 bits per heavy atom. The molecule has 1 aromatic carbocycles. The van der Waals surface area contributed by atoms with Gasteiger partial charge in [-0.05, 0) is 47.1 Å². The Morgan fingerprint density at radius 2 is 1.90 bits per heavy atom. The molecule has 1 aliphatic carbocycles. The number of hydrogen-bond acceptors (Lipinski definition) is 2. The van der Waals surface area contributed by atoms with Gasteiger partial charge in [-0.2, -0.15) is 0 Å². The monoisotopic (exact) mass is 272 g/mol. The van der Waals surface area contributed by atoms with Crippen molar-refractivity contribution in [2.45, 2.75) is 40.7 Å². The van der Waals surface area contributed by atoms with Crippen LogP contribution < -0.4 is 10.6 Å².